The summed E-state index contributed by atoms with van der Waals surface area (Å²) in [5, 5.41) is 5.06. The predicted octanol–water partition coefficient (Wildman–Crippen LogP) is 1.75. The van der Waals surface area contributed by atoms with E-state index in [9.17, 15) is 4.79 Å². The Morgan fingerprint density at radius 2 is 2.25 bits per heavy atom. The van der Waals surface area contributed by atoms with Gasteiger partial charge in [-0.3, -0.25) is 14.5 Å². The quantitative estimate of drug-likeness (QED) is 0.708. The van der Waals surface area contributed by atoms with Gasteiger partial charge in [-0.15, -0.1) is 0 Å². The van der Waals surface area contributed by atoms with E-state index in [1.54, 1.807) is 19.5 Å². The fraction of sp³-hybridized carbons (Fsp3) is 0.0714. The van der Waals surface area contributed by atoms with E-state index in [2.05, 4.69) is 15.1 Å². The maximum atomic E-state index is 11.3. The summed E-state index contributed by atoms with van der Waals surface area (Å²) >= 11 is 0. The van der Waals surface area contributed by atoms with Crippen molar-refractivity contribution in [2.75, 3.05) is 0 Å². The third-order valence-corrected chi connectivity index (χ3v) is 3.01. The number of aliphatic imine (C=N–C) groups is 1. The fourth-order valence-electron chi connectivity index (χ4n) is 2.09. The Morgan fingerprint density at radius 3 is 3.05 bits per heavy atom. The van der Waals surface area contributed by atoms with Crippen LogP contribution in [0.3, 0.4) is 0 Å². The van der Waals surface area contributed by atoms with E-state index in [0.717, 1.165) is 16.5 Å². The van der Waals surface area contributed by atoms with Crippen LogP contribution in [0.15, 0.2) is 41.7 Å². The third kappa shape index (κ3) is 2.07. The topological polar surface area (TPSA) is 89.1 Å². The van der Waals surface area contributed by atoms with Crippen LogP contribution in [0.25, 0.3) is 10.9 Å². The summed E-state index contributed by atoms with van der Waals surface area (Å²) in [6.45, 7) is 0. The number of carbonyl (C=O) groups excluding carboxylic acids is 1. The lowest BCUT2D eigenvalue weighted by Gasteiger charge is -1.92. The number of amides is 1. The summed E-state index contributed by atoms with van der Waals surface area (Å²) in [5.41, 5.74) is 7.89. The summed E-state index contributed by atoms with van der Waals surface area (Å²) in [6, 6.07) is 7.93. The number of primary amides is 1. The monoisotopic (exact) mass is 267 g/mol. The normalized spacial score (nSPS) is 11.4. The minimum Gasteiger partial charge on any atom is -0.364 e. The van der Waals surface area contributed by atoms with Crippen molar-refractivity contribution in [2.45, 2.75) is 0 Å². The van der Waals surface area contributed by atoms with Crippen molar-refractivity contribution in [3.63, 3.8) is 0 Å². The smallest absolute Gasteiger partial charge is 0.271 e. The van der Waals surface area contributed by atoms with Crippen molar-refractivity contribution in [3.8, 4) is 0 Å². The molecule has 2 aromatic heterocycles. The van der Waals surface area contributed by atoms with Gasteiger partial charge in [0.1, 0.15) is 5.69 Å². The maximum absolute atomic E-state index is 11.3. The molecule has 0 saturated heterocycles. The van der Waals surface area contributed by atoms with Crippen LogP contribution in [0.1, 0.15) is 16.1 Å². The van der Waals surface area contributed by atoms with Gasteiger partial charge in [-0.2, -0.15) is 5.10 Å². The molecular weight excluding hydrogens is 254 g/mol. The van der Waals surface area contributed by atoms with E-state index in [1.165, 1.54) is 4.68 Å². The molecule has 2 heterocycles. The second-order valence-corrected chi connectivity index (χ2v) is 4.45. The summed E-state index contributed by atoms with van der Waals surface area (Å²) < 4.78 is 1.52. The summed E-state index contributed by atoms with van der Waals surface area (Å²) in [4.78, 5) is 18.8. The molecule has 0 saturated carbocycles. The lowest BCUT2D eigenvalue weighted by atomic mass is 10.2. The van der Waals surface area contributed by atoms with Gasteiger partial charge in [0, 0.05) is 35.9 Å². The van der Waals surface area contributed by atoms with Crippen LogP contribution in [0.2, 0.25) is 0 Å². The van der Waals surface area contributed by atoms with Gasteiger partial charge in [0.15, 0.2) is 5.69 Å². The van der Waals surface area contributed by atoms with E-state index in [0.29, 0.717) is 5.69 Å². The molecule has 0 aliphatic carbocycles. The fourth-order valence-corrected chi connectivity index (χ4v) is 2.09. The predicted molar refractivity (Wildman–Crippen MR) is 77.3 cm³/mol. The van der Waals surface area contributed by atoms with Gasteiger partial charge in [0.2, 0.25) is 0 Å². The van der Waals surface area contributed by atoms with Crippen LogP contribution in [0.5, 0.6) is 0 Å². The Hall–Kier alpha value is -2.89. The standard InChI is InChI=1S/C14H13N5O/c1-19-8-12(13(18-19)14(15)20)17-7-9-6-16-11-5-3-2-4-10(9)11/h2-8,16H,1H3,(H2,15,20). The average Bonchev–Trinajstić information content (AvgIpc) is 3.00. The first-order valence-corrected chi connectivity index (χ1v) is 6.09. The van der Waals surface area contributed by atoms with Crippen LogP contribution in [-0.2, 0) is 7.05 Å². The van der Waals surface area contributed by atoms with E-state index in [-0.39, 0.29) is 5.69 Å². The lowest BCUT2D eigenvalue weighted by molar-refractivity contribution is 0.0995. The highest BCUT2D eigenvalue weighted by Crippen LogP contribution is 2.19. The Kier molecular flexibility index (Phi) is 2.83. The van der Waals surface area contributed by atoms with E-state index in [4.69, 9.17) is 5.73 Å². The first kappa shape index (κ1) is 12.2. The van der Waals surface area contributed by atoms with Crippen LogP contribution in [0.4, 0.5) is 5.69 Å². The summed E-state index contributed by atoms with van der Waals surface area (Å²) in [6.07, 6.45) is 5.22. The van der Waals surface area contributed by atoms with Gasteiger partial charge in [0.05, 0.1) is 6.20 Å². The molecule has 6 nitrogen and oxygen atoms in total. The molecule has 1 aromatic carbocycles. The molecule has 3 rings (SSSR count). The van der Waals surface area contributed by atoms with Crippen molar-refractivity contribution in [1.82, 2.24) is 14.8 Å². The lowest BCUT2D eigenvalue weighted by Crippen LogP contribution is -2.12. The van der Waals surface area contributed by atoms with E-state index >= 15 is 0 Å². The first-order valence-electron chi connectivity index (χ1n) is 6.09. The number of nitrogens with zero attached hydrogens (tertiary/aromatic N) is 3. The van der Waals surface area contributed by atoms with Crippen LogP contribution in [-0.4, -0.2) is 26.9 Å². The molecule has 0 unspecified atom stereocenters. The molecule has 20 heavy (non-hydrogen) atoms. The molecule has 0 bridgehead atoms. The number of carbonyl (C=O) groups is 1. The van der Waals surface area contributed by atoms with Crippen LogP contribution < -0.4 is 5.73 Å². The number of H-pyrrole nitrogens is 1. The average molecular weight is 267 g/mol. The summed E-state index contributed by atoms with van der Waals surface area (Å²) in [7, 11) is 1.72. The zero-order chi connectivity index (χ0) is 14.1. The van der Waals surface area contributed by atoms with Crippen molar-refractivity contribution in [1.29, 1.82) is 0 Å². The van der Waals surface area contributed by atoms with Crippen LogP contribution >= 0.6 is 0 Å². The highest BCUT2D eigenvalue weighted by molar-refractivity contribution is 6.01. The molecule has 0 aliphatic heterocycles. The van der Waals surface area contributed by atoms with Crippen LogP contribution in [0, 0.1) is 0 Å². The van der Waals surface area contributed by atoms with E-state index < -0.39 is 5.91 Å². The number of nitrogens with two attached hydrogens (primary N) is 1. The van der Waals surface area contributed by atoms with Crippen molar-refractivity contribution >= 4 is 28.7 Å². The molecule has 0 spiro atoms. The van der Waals surface area contributed by atoms with Crippen molar-refractivity contribution < 1.29 is 4.79 Å². The number of aromatic amines is 1. The number of hydrogen-bond donors (Lipinski definition) is 2. The van der Waals surface area contributed by atoms with Crippen molar-refractivity contribution in [3.05, 3.63) is 47.9 Å². The molecule has 6 heteroatoms. The first-order chi connectivity index (χ1) is 9.65. The van der Waals surface area contributed by atoms with Gasteiger partial charge >= 0.3 is 0 Å². The molecule has 0 radical (unpaired) electrons. The van der Waals surface area contributed by atoms with Gasteiger partial charge in [0.25, 0.3) is 5.91 Å². The van der Waals surface area contributed by atoms with Gasteiger partial charge in [-0.05, 0) is 6.07 Å². The van der Waals surface area contributed by atoms with E-state index in [1.807, 2.05) is 30.5 Å². The highest BCUT2D eigenvalue weighted by atomic mass is 16.1. The van der Waals surface area contributed by atoms with Crippen molar-refractivity contribution in [2.24, 2.45) is 17.8 Å². The number of benzene rings is 1. The number of nitrogens with one attached hydrogen (secondary N) is 1. The van der Waals surface area contributed by atoms with Gasteiger partial charge in [-0.25, -0.2) is 0 Å². The highest BCUT2D eigenvalue weighted by Gasteiger charge is 2.11. The number of rotatable bonds is 3. The molecule has 100 valence electrons. The largest absolute Gasteiger partial charge is 0.364 e. The number of aryl methyl sites for hydroxylation is 1. The second-order valence-electron chi connectivity index (χ2n) is 4.45. The molecule has 1 amide bonds. The third-order valence-electron chi connectivity index (χ3n) is 3.01. The number of aromatic nitrogens is 3. The zero-order valence-electron chi connectivity index (χ0n) is 10.9. The van der Waals surface area contributed by atoms with Gasteiger partial charge < -0.3 is 10.7 Å². The molecule has 0 fully saturated rings. The Balaban J connectivity index is 2.00. The zero-order valence-corrected chi connectivity index (χ0v) is 10.9. The summed E-state index contributed by atoms with van der Waals surface area (Å²) in [5.74, 6) is -0.586. The molecule has 0 aliphatic rings. The van der Waals surface area contributed by atoms with Gasteiger partial charge in [-0.1, -0.05) is 18.2 Å². The minimum absolute atomic E-state index is 0.170. The minimum atomic E-state index is -0.586. The number of hydrogen-bond acceptors (Lipinski definition) is 3. The maximum Gasteiger partial charge on any atom is 0.271 e. The number of para-hydroxylation sites is 1. The number of fused-ring (bicyclic) bond motifs is 1. The SMILES string of the molecule is Cn1cc(N=Cc2c[nH]c3ccccc23)c(C(N)=O)n1. The Bertz CT molecular complexity index is 812. The molecule has 3 N–H and O–H groups in total. The Labute approximate surface area is 114 Å². The molecule has 3 aromatic rings. The second kappa shape index (κ2) is 4.65. The molecular formula is C14H13N5O. The molecule has 0 atom stereocenters. The Morgan fingerprint density at radius 1 is 1.45 bits per heavy atom.